The maximum atomic E-state index is 13.6. The Morgan fingerprint density at radius 1 is 0.839 bits per heavy atom. The van der Waals surface area contributed by atoms with Crippen LogP contribution >= 0.6 is 0 Å². The minimum atomic E-state index is -0.361. The van der Waals surface area contributed by atoms with Gasteiger partial charge in [0.1, 0.15) is 0 Å². The second-order valence-corrected chi connectivity index (χ2v) is 9.27. The summed E-state index contributed by atoms with van der Waals surface area (Å²) in [6.07, 6.45) is 6.16. The molecule has 2 aromatic rings. The Morgan fingerprint density at radius 2 is 1.29 bits per heavy atom. The van der Waals surface area contributed by atoms with Gasteiger partial charge >= 0.3 is 0 Å². The zero-order valence-corrected chi connectivity index (χ0v) is 18.4. The van der Waals surface area contributed by atoms with Gasteiger partial charge in [-0.2, -0.15) is 0 Å². The molecule has 1 fully saturated rings. The van der Waals surface area contributed by atoms with Crippen LogP contribution in [-0.4, -0.2) is 54.9 Å². The fourth-order valence-corrected chi connectivity index (χ4v) is 5.03. The number of carbonyl (C=O) groups is 2. The minimum absolute atomic E-state index is 0.0345. The van der Waals surface area contributed by atoms with E-state index < -0.39 is 0 Å². The van der Waals surface area contributed by atoms with Gasteiger partial charge in [0.15, 0.2) is 0 Å². The topological polar surface area (TPSA) is 37.4 Å². The quantitative estimate of drug-likeness (QED) is 0.390. The monoisotopic (exact) mass is 415 g/mol. The Bertz CT molecular complexity index is 913. The van der Waals surface area contributed by atoms with Crippen LogP contribution in [0.2, 0.25) is 0 Å². The van der Waals surface area contributed by atoms with Crippen molar-refractivity contribution in [2.45, 2.75) is 11.8 Å². The van der Waals surface area contributed by atoms with E-state index in [1.807, 2.05) is 42.5 Å². The standard InChI is InChI=1S/C27H31N2O2/c1-4-18-29(2,3)19-17-28-26(30)24-22(20-11-7-5-8-12-20)15-16-23(25(24)27(28)31)21-13-9-6-10-14-21/h4-16,22-25H,1,17-19H2,2-3H3/q+1/t22-,23-,24-,25+/m0/s1. The fraction of sp³-hybridized carbons (Fsp3) is 0.333. The number of rotatable bonds is 7. The summed E-state index contributed by atoms with van der Waals surface area (Å²) in [6.45, 7) is 5.78. The van der Waals surface area contributed by atoms with Gasteiger partial charge in [0, 0.05) is 11.8 Å². The molecule has 2 aromatic carbocycles. The van der Waals surface area contributed by atoms with Gasteiger partial charge in [0.05, 0.1) is 45.6 Å². The largest absolute Gasteiger partial charge is 0.324 e. The van der Waals surface area contributed by atoms with Crippen molar-refractivity contribution in [1.29, 1.82) is 0 Å². The molecule has 31 heavy (non-hydrogen) atoms. The molecule has 0 bridgehead atoms. The summed E-state index contributed by atoms with van der Waals surface area (Å²) < 4.78 is 0.693. The molecule has 1 heterocycles. The number of likely N-dealkylation sites (tertiary alicyclic amines) is 1. The highest BCUT2D eigenvalue weighted by Gasteiger charge is 2.55. The molecule has 0 aromatic heterocycles. The minimum Gasteiger partial charge on any atom is -0.324 e. The van der Waals surface area contributed by atoms with Crippen LogP contribution in [0.3, 0.4) is 0 Å². The van der Waals surface area contributed by atoms with Gasteiger partial charge in [-0.25, -0.2) is 0 Å². The van der Waals surface area contributed by atoms with E-state index in [0.29, 0.717) is 17.6 Å². The molecule has 2 aliphatic rings. The predicted octanol–water partition coefficient (Wildman–Crippen LogP) is 3.99. The predicted molar refractivity (Wildman–Crippen MR) is 123 cm³/mol. The average molecular weight is 416 g/mol. The molecular weight excluding hydrogens is 384 g/mol. The maximum absolute atomic E-state index is 13.6. The highest BCUT2D eigenvalue weighted by Crippen LogP contribution is 2.49. The van der Waals surface area contributed by atoms with E-state index >= 15 is 0 Å². The second-order valence-electron chi connectivity index (χ2n) is 9.27. The van der Waals surface area contributed by atoms with E-state index in [0.717, 1.165) is 17.7 Å². The number of carbonyl (C=O) groups excluding carboxylic acids is 2. The first-order valence-electron chi connectivity index (χ1n) is 11.0. The Hall–Kier alpha value is -2.98. The molecule has 0 radical (unpaired) electrons. The summed E-state index contributed by atoms with van der Waals surface area (Å²) in [7, 11) is 4.20. The molecule has 4 heteroatoms. The van der Waals surface area contributed by atoms with E-state index in [2.05, 4.69) is 57.1 Å². The van der Waals surface area contributed by atoms with Gasteiger partial charge in [-0.3, -0.25) is 14.5 Å². The van der Waals surface area contributed by atoms with Gasteiger partial charge in [-0.05, 0) is 17.2 Å². The Labute approximate surface area is 185 Å². The van der Waals surface area contributed by atoms with E-state index in [1.54, 1.807) is 0 Å². The van der Waals surface area contributed by atoms with Crippen LogP contribution < -0.4 is 0 Å². The molecular formula is C27H31N2O2+. The number of hydrogen-bond acceptors (Lipinski definition) is 2. The van der Waals surface area contributed by atoms with Crippen molar-refractivity contribution >= 4 is 11.8 Å². The Balaban J connectivity index is 1.69. The van der Waals surface area contributed by atoms with Crippen molar-refractivity contribution in [2.75, 3.05) is 33.7 Å². The third kappa shape index (κ3) is 4.13. The van der Waals surface area contributed by atoms with Crippen LogP contribution in [0.5, 0.6) is 0 Å². The molecule has 4 nitrogen and oxygen atoms in total. The highest BCUT2D eigenvalue weighted by molar-refractivity contribution is 6.06. The lowest BCUT2D eigenvalue weighted by atomic mass is 9.68. The van der Waals surface area contributed by atoms with Crippen LogP contribution in [0.1, 0.15) is 23.0 Å². The normalized spacial score (nSPS) is 25.5. The molecule has 1 aliphatic heterocycles. The number of nitrogens with zero attached hydrogens (tertiary/aromatic N) is 2. The smallest absolute Gasteiger partial charge is 0.234 e. The molecule has 0 unspecified atom stereocenters. The van der Waals surface area contributed by atoms with E-state index in [9.17, 15) is 9.59 Å². The molecule has 160 valence electrons. The highest BCUT2D eigenvalue weighted by atomic mass is 16.2. The molecule has 4 rings (SSSR count). The van der Waals surface area contributed by atoms with Crippen molar-refractivity contribution in [3.05, 3.63) is 96.6 Å². The number of benzene rings is 2. The van der Waals surface area contributed by atoms with Crippen molar-refractivity contribution in [3.8, 4) is 0 Å². The molecule has 2 amide bonds. The third-order valence-electron chi connectivity index (χ3n) is 6.71. The first-order valence-corrected chi connectivity index (χ1v) is 11.0. The van der Waals surface area contributed by atoms with Crippen molar-refractivity contribution in [1.82, 2.24) is 4.90 Å². The molecule has 0 N–H and O–H groups in total. The number of hydrogen-bond donors (Lipinski definition) is 0. The van der Waals surface area contributed by atoms with Crippen molar-refractivity contribution in [3.63, 3.8) is 0 Å². The number of likely N-dealkylation sites (N-methyl/N-ethyl adjacent to an activating group) is 1. The number of amides is 2. The van der Waals surface area contributed by atoms with Crippen LogP contribution in [0.15, 0.2) is 85.5 Å². The Morgan fingerprint density at radius 3 is 1.71 bits per heavy atom. The SMILES string of the molecule is C=CC[N+](C)(C)CCN1C(=O)[C@@H]2[C@H](C1=O)[C@H](c1ccccc1)C=C[C@H]2c1ccccc1. The lowest BCUT2D eigenvalue weighted by molar-refractivity contribution is -0.883. The summed E-state index contributed by atoms with van der Waals surface area (Å²) in [5.41, 5.74) is 2.18. The molecule has 1 saturated heterocycles. The van der Waals surface area contributed by atoms with Gasteiger partial charge in [-0.1, -0.05) is 79.4 Å². The summed E-state index contributed by atoms with van der Waals surface area (Å²) in [5, 5.41) is 0. The lowest BCUT2D eigenvalue weighted by Gasteiger charge is -2.32. The first kappa shape index (κ1) is 21.3. The zero-order valence-electron chi connectivity index (χ0n) is 18.4. The van der Waals surface area contributed by atoms with E-state index in [-0.39, 0.29) is 35.5 Å². The molecule has 0 saturated carbocycles. The summed E-state index contributed by atoms with van der Waals surface area (Å²) in [6, 6.07) is 20.2. The number of allylic oxidation sites excluding steroid dienone is 2. The summed E-state index contributed by atoms with van der Waals surface area (Å²) in [5.74, 6) is -0.952. The molecule has 4 atom stereocenters. The van der Waals surface area contributed by atoms with Gasteiger partial charge in [-0.15, -0.1) is 0 Å². The number of imide groups is 1. The van der Waals surface area contributed by atoms with Crippen molar-refractivity contribution in [2.24, 2.45) is 11.8 Å². The van der Waals surface area contributed by atoms with E-state index in [1.165, 1.54) is 4.90 Å². The van der Waals surface area contributed by atoms with Gasteiger partial charge in [0.2, 0.25) is 11.8 Å². The third-order valence-corrected chi connectivity index (χ3v) is 6.71. The van der Waals surface area contributed by atoms with Crippen molar-refractivity contribution < 1.29 is 14.1 Å². The van der Waals surface area contributed by atoms with Crippen LogP contribution in [0, 0.1) is 11.8 Å². The average Bonchev–Trinajstić information content (AvgIpc) is 3.03. The van der Waals surface area contributed by atoms with Gasteiger partial charge < -0.3 is 4.48 Å². The molecule has 0 spiro atoms. The number of quaternary nitrogens is 1. The summed E-state index contributed by atoms with van der Waals surface area (Å²) in [4.78, 5) is 28.8. The summed E-state index contributed by atoms with van der Waals surface area (Å²) >= 11 is 0. The molecule has 1 aliphatic carbocycles. The van der Waals surface area contributed by atoms with Gasteiger partial charge in [0.25, 0.3) is 0 Å². The first-order chi connectivity index (χ1) is 14.9. The number of fused-ring (bicyclic) bond motifs is 1. The van der Waals surface area contributed by atoms with Crippen LogP contribution in [-0.2, 0) is 9.59 Å². The van der Waals surface area contributed by atoms with Crippen LogP contribution in [0.4, 0.5) is 0 Å². The maximum Gasteiger partial charge on any atom is 0.234 e. The van der Waals surface area contributed by atoms with E-state index in [4.69, 9.17) is 0 Å². The fourth-order valence-electron chi connectivity index (χ4n) is 5.03. The van der Waals surface area contributed by atoms with Crippen LogP contribution in [0.25, 0.3) is 0 Å². The second kappa shape index (κ2) is 8.64. The lowest BCUT2D eigenvalue weighted by Crippen LogP contribution is -2.47. The zero-order chi connectivity index (χ0) is 22.0. The Kier molecular flexibility index (Phi) is 5.92.